The van der Waals surface area contributed by atoms with E-state index in [1.807, 2.05) is 66.5 Å². The average Bonchev–Trinajstić information content (AvgIpc) is 4.00. The van der Waals surface area contributed by atoms with Crippen LogP contribution < -0.4 is 29.3 Å². The van der Waals surface area contributed by atoms with E-state index >= 15 is 8.78 Å². The number of alkyl halides is 1. The monoisotopic (exact) mass is 804 g/mol. The van der Waals surface area contributed by atoms with Crippen LogP contribution in [0.2, 0.25) is 0 Å². The number of ether oxygens (including phenoxy) is 3. The molecule has 306 valence electrons. The number of benzene rings is 3. The largest absolute Gasteiger partial charge is 0.497 e. The molecule has 1 N–H and O–H groups in total. The minimum Gasteiger partial charge on any atom is -0.497 e. The number of hydrogen-bond acceptors (Lipinski definition) is 11. The average molecular weight is 805 g/mol. The van der Waals surface area contributed by atoms with Crippen LogP contribution >= 0.6 is 0 Å². The smallest absolute Gasteiger partial charge is 0.319 e. The highest BCUT2D eigenvalue weighted by Gasteiger charge is 2.49. The van der Waals surface area contributed by atoms with E-state index in [0.717, 1.165) is 61.5 Å². The number of rotatable bonds is 13. The number of pyridine rings is 2. The fraction of sp³-hybridized carbons (Fsp3) is 0.378. The third-order valence-electron chi connectivity index (χ3n) is 12.2. The zero-order valence-corrected chi connectivity index (χ0v) is 33.4. The van der Waals surface area contributed by atoms with Gasteiger partial charge in [0, 0.05) is 57.3 Å². The summed E-state index contributed by atoms with van der Waals surface area (Å²) in [5, 5.41) is 4.45. The SMILES string of the molecule is COc1ccc(CN(Cc2ccc(OC)cc2)c2cc3cccc(F)c3c(-c3ncc4c(N(C)[C@@H]5CCNC5)nc(OC[C@@]56CCCN5C[C@H](F)C6)nc4c3F)n2)cc1. The number of methoxy groups -OCH3 is 2. The Bertz CT molecular complexity index is 2420. The molecule has 0 aliphatic carbocycles. The summed E-state index contributed by atoms with van der Waals surface area (Å²) < 4.78 is 65.3. The zero-order chi connectivity index (χ0) is 40.7. The Kier molecular flexibility index (Phi) is 10.6. The number of halogens is 3. The molecule has 11 nitrogen and oxygen atoms in total. The molecule has 9 rings (SSSR count). The van der Waals surface area contributed by atoms with Gasteiger partial charge in [-0.1, -0.05) is 36.4 Å². The number of likely N-dealkylation sites (N-methyl/N-ethyl adjacent to an activating group) is 1. The van der Waals surface area contributed by atoms with Gasteiger partial charge in [-0.2, -0.15) is 9.97 Å². The van der Waals surface area contributed by atoms with E-state index in [1.165, 1.54) is 6.07 Å². The van der Waals surface area contributed by atoms with Gasteiger partial charge in [0.15, 0.2) is 5.82 Å². The molecule has 3 aliphatic heterocycles. The molecule has 0 bridgehead atoms. The lowest BCUT2D eigenvalue weighted by molar-refractivity contribution is 0.107. The topological polar surface area (TPSA) is 101 Å². The van der Waals surface area contributed by atoms with Crippen LogP contribution in [0.15, 0.2) is 79.0 Å². The molecule has 0 radical (unpaired) electrons. The van der Waals surface area contributed by atoms with Crippen molar-refractivity contribution in [1.82, 2.24) is 30.2 Å². The lowest BCUT2D eigenvalue weighted by Crippen LogP contribution is -2.43. The maximum atomic E-state index is 17.5. The van der Waals surface area contributed by atoms with Crippen LogP contribution in [0, 0.1) is 11.6 Å². The van der Waals surface area contributed by atoms with Gasteiger partial charge < -0.3 is 29.3 Å². The summed E-state index contributed by atoms with van der Waals surface area (Å²) in [4.78, 5) is 25.4. The van der Waals surface area contributed by atoms with Crippen LogP contribution in [0.1, 0.15) is 36.8 Å². The van der Waals surface area contributed by atoms with Crippen LogP contribution in [-0.4, -0.2) is 96.6 Å². The highest BCUT2D eigenvalue weighted by molar-refractivity contribution is 5.99. The fourth-order valence-corrected chi connectivity index (χ4v) is 9.02. The van der Waals surface area contributed by atoms with Crippen molar-refractivity contribution >= 4 is 33.3 Å². The fourth-order valence-electron chi connectivity index (χ4n) is 9.02. The quantitative estimate of drug-likeness (QED) is 0.126. The third kappa shape index (κ3) is 7.55. The Labute approximate surface area is 341 Å². The summed E-state index contributed by atoms with van der Waals surface area (Å²) >= 11 is 0. The van der Waals surface area contributed by atoms with Crippen molar-refractivity contribution in [2.24, 2.45) is 0 Å². The summed E-state index contributed by atoms with van der Waals surface area (Å²) in [5.41, 5.74) is 1.38. The molecule has 0 saturated carbocycles. The van der Waals surface area contributed by atoms with Crippen molar-refractivity contribution in [3.05, 3.63) is 102 Å². The van der Waals surface area contributed by atoms with Crippen molar-refractivity contribution in [2.75, 3.05) is 63.9 Å². The first kappa shape index (κ1) is 38.8. The second-order valence-corrected chi connectivity index (χ2v) is 15.9. The summed E-state index contributed by atoms with van der Waals surface area (Å²) in [6.07, 6.45) is 3.61. The molecule has 59 heavy (non-hydrogen) atoms. The molecule has 3 aromatic carbocycles. The summed E-state index contributed by atoms with van der Waals surface area (Å²) in [7, 11) is 5.17. The number of nitrogens with one attached hydrogen (secondary N) is 1. The number of anilines is 2. The molecule has 3 aliphatic rings. The van der Waals surface area contributed by atoms with Gasteiger partial charge in [0.1, 0.15) is 58.6 Å². The van der Waals surface area contributed by atoms with Crippen molar-refractivity contribution in [3.63, 3.8) is 0 Å². The van der Waals surface area contributed by atoms with E-state index in [-0.39, 0.29) is 40.9 Å². The van der Waals surface area contributed by atoms with Gasteiger partial charge in [-0.15, -0.1) is 0 Å². The summed E-state index contributed by atoms with van der Waals surface area (Å²) in [6, 6.07) is 22.2. The molecule has 6 aromatic rings. The first-order valence-electron chi connectivity index (χ1n) is 20.1. The second kappa shape index (κ2) is 16.1. The van der Waals surface area contributed by atoms with Crippen LogP contribution in [0.5, 0.6) is 17.5 Å². The van der Waals surface area contributed by atoms with E-state index < -0.39 is 23.3 Å². The van der Waals surface area contributed by atoms with Gasteiger partial charge >= 0.3 is 6.01 Å². The van der Waals surface area contributed by atoms with Gasteiger partial charge in [0.05, 0.1) is 25.1 Å². The first-order valence-corrected chi connectivity index (χ1v) is 20.1. The Hall–Kier alpha value is -5.73. The lowest BCUT2D eigenvalue weighted by atomic mass is 9.95. The maximum absolute atomic E-state index is 17.5. The highest BCUT2D eigenvalue weighted by atomic mass is 19.1. The lowest BCUT2D eigenvalue weighted by Gasteiger charge is -2.31. The van der Waals surface area contributed by atoms with Gasteiger partial charge in [0.25, 0.3) is 0 Å². The molecule has 3 atom stereocenters. The highest BCUT2D eigenvalue weighted by Crippen LogP contribution is 2.41. The molecule has 0 spiro atoms. The van der Waals surface area contributed by atoms with E-state index in [1.54, 1.807) is 32.5 Å². The van der Waals surface area contributed by atoms with Gasteiger partial charge in [-0.05, 0) is 85.3 Å². The molecular formula is C45H47F3N8O3. The number of nitrogens with zero attached hydrogens (tertiary/aromatic N) is 7. The van der Waals surface area contributed by atoms with Crippen LogP contribution in [0.25, 0.3) is 33.1 Å². The van der Waals surface area contributed by atoms with Crippen molar-refractivity contribution in [1.29, 1.82) is 0 Å². The summed E-state index contributed by atoms with van der Waals surface area (Å²) in [5.74, 6) is 1.09. The normalized spacial score (nSPS) is 20.3. The van der Waals surface area contributed by atoms with Gasteiger partial charge in [-0.25, -0.2) is 18.2 Å². The Morgan fingerprint density at radius 2 is 1.64 bits per heavy atom. The van der Waals surface area contributed by atoms with Gasteiger partial charge in [-0.3, -0.25) is 9.88 Å². The first-order chi connectivity index (χ1) is 28.7. The van der Waals surface area contributed by atoms with E-state index in [2.05, 4.69) is 25.1 Å². The standard InChI is InChI=1S/C45H47F3N8O3/c1-54(32-16-18-49-22-32)43-35-23-50-42(39(48)40(35)52-44(53-43)59-27-45-17-5-19-56(45)26-31(46)21-45)41-38-30(6-4-7-36(38)47)20-37(51-41)55(24-28-8-12-33(57-2)13-9-28)25-29-10-14-34(58-3)15-11-29/h4,6-15,20,23,31-32,49H,5,16-19,21-22,24-27H2,1-3H3/t31-,32-,45+/m1/s1. The van der Waals surface area contributed by atoms with Gasteiger partial charge in [0.2, 0.25) is 0 Å². The van der Waals surface area contributed by atoms with Crippen LogP contribution in [0.4, 0.5) is 24.8 Å². The predicted octanol–water partition coefficient (Wildman–Crippen LogP) is 7.50. The van der Waals surface area contributed by atoms with Crippen molar-refractivity contribution < 1.29 is 27.4 Å². The Morgan fingerprint density at radius 1 is 0.915 bits per heavy atom. The molecule has 0 amide bonds. The van der Waals surface area contributed by atoms with E-state index in [4.69, 9.17) is 24.2 Å². The summed E-state index contributed by atoms with van der Waals surface area (Å²) in [6.45, 7) is 3.80. The molecule has 0 unspecified atom stereocenters. The molecule has 3 saturated heterocycles. The van der Waals surface area contributed by atoms with Crippen LogP contribution in [-0.2, 0) is 13.1 Å². The number of fused-ring (bicyclic) bond motifs is 3. The van der Waals surface area contributed by atoms with Crippen molar-refractivity contribution in [3.8, 4) is 28.9 Å². The molecule has 6 heterocycles. The zero-order valence-electron chi connectivity index (χ0n) is 33.4. The minimum atomic E-state index is -0.930. The minimum absolute atomic E-state index is 0.00667. The van der Waals surface area contributed by atoms with Crippen LogP contribution in [0.3, 0.4) is 0 Å². The molecule has 3 aromatic heterocycles. The molecule has 3 fully saturated rings. The van der Waals surface area contributed by atoms with Crippen molar-refractivity contribution in [2.45, 2.75) is 56.5 Å². The molecule has 14 heteroatoms. The maximum Gasteiger partial charge on any atom is 0.319 e. The number of aromatic nitrogens is 4. The number of hydrogen-bond donors (Lipinski definition) is 1. The molecular weight excluding hydrogens is 758 g/mol. The third-order valence-corrected chi connectivity index (χ3v) is 12.2. The Morgan fingerprint density at radius 3 is 2.32 bits per heavy atom. The van der Waals surface area contributed by atoms with E-state index in [0.29, 0.717) is 48.5 Å². The van der Waals surface area contributed by atoms with E-state index in [9.17, 15) is 4.39 Å². The second-order valence-electron chi connectivity index (χ2n) is 15.9. The Balaban J connectivity index is 1.16. The predicted molar refractivity (Wildman–Crippen MR) is 222 cm³/mol.